The van der Waals surface area contributed by atoms with Crippen molar-refractivity contribution in [2.45, 2.75) is 19.9 Å². The molecule has 78 valence electrons. The van der Waals surface area contributed by atoms with Crippen LogP contribution >= 0.6 is 43.2 Å². The van der Waals surface area contributed by atoms with Gasteiger partial charge in [0, 0.05) is 17.6 Å². The molecule has 5 heteroatoms. The highest BCUT2D eigenvalue weighted by Crippen LogP contribution is 2.32. The summed E-state index contributed by atoms with van der Waals surface area (Å²) in [7, 11) is 1.81. The Balaban J connectivity index is 2.90. The Hall–Kier alpha value is 0.130. The topological polar surface area (TPSA) is 20.3 Å². The molecular weight excluding hydrogens is 330 g/mol. The number of hydrogen-bond donors (Lipinski definition) is 0. The summed E-state index contributed by atoms with van der Waals surface area (Å²) in [6.45, 7) is 3.99. The Morgan fingerprint density at radius 3 is 2.43 bits per heavy atom. The lowest BCUT2D eigenvalue weighted by Crippen LogP contribution is -2.32. The summed E-state index contributed by atoms with van der Waals surface area (Å²) < 4.78 is 1.89. The van der Waals surface area contributed by atoms with Crippen molar-refractivity contribution in [2.75, 3.05) is 7.05 Å². The third kappa shape index (κ3) is 2.58. The molecule has 1 aromatic heterocycles. The molecule has 1 amide bonds. The number of amides is 1. The van der Waals surface area contributed by atoms with Gasteiger partial charge in [-0.1, -0.05) is 0 Å². The highest BCUT2D eigenvalue weighted by molar-refractivity contribution is 9.13. The molecule has 1 aromatic rings. The first-order chi connectivity index (χ1) is 6.43. The van der Waals surface area contributed by atoms with Gasteiger partial charge in [-0.3, -0.25) is 4.79 Å². The number of carbonyl (C=O) groups is 1. The summed E-state index contributed by atoms with van der Waals surface area (Å²) in [5.74, 6) is 0.0661. The fourth-order valence-corrected chi connectivity index (χ4v) is 2.88. The molecule has 0 fully saturated rings. The van der Waals surface area contributed by atoms with E-state index in [1.54, 1.807) is 4.90 Å². The molecule has 1 heterocycles. The predicted octanol–water partition coefficient (Wildman–Crippen LogP) is 3.75. The number of nitrogens with zero attached hydrogens (tertiary/aromatic N) is 1. The zero-order chi connectivity index (χ0) is 10.9. The van der Waals surface area contributed by atoms with Crippen LogP contribution in [0.1, 0.15) is 23.5 Å². The first kappa shape index (κ1) is 12.2. The van der Waals surface area contributed by atoms with Crippen molar-refractivity contribution >= 4 is 49.1 Å². The van der Waals surface area contributed by atoms with Gasteiger partial charge in [0.05, 0.1) is 8.66 Å². The van der Waals surface area contributed by atoms with E-state index in [0.717, 1.165) is 13.1 Å². The molecule has 0 radical (unpaired) electrons. The van der Waals surface area contributed by atoms with Crippen LogP contribution in [-0.2, 0) is 0 Å². The van der Waals surface area contributed by atoms with Crippen molar-refractivity contribution in [1.82, 2.24) is 4.90 Å². The maximum Gasteiger partial charge on any atom is 0.263 e. The minimum atomic E-state index is 0.0661. The molecule has 0 aliphatic carbocycles. The largest absolute Gasteiger partial charge is 0.339 e. The van der Waals surface area contributed by atoms with E-state index < -0.39 is 0 Å². The lowest BCUT2D eigenvalue weighted by atomic mass is 10.3. The van der Waals surface area contributed by atoms with Gasteiger partial charge in [-0.25, -0.2) is 0 Å². The maximum absolute atomic E-state index is 11.8. The monoisotopic (exact) mass is 339 g/mol. The smallest absolute Gasteiger partial charge is 0.263 e. The molecule has 2 nitrogen and oxygen atoms in total. The summed E-state index contributed by atoms with van der Waals surface area (Å²) in [5, 5.41) is 0. The van der Waals surface area contributed by atoms with Gasteiger partial charge in [-0.2, -0.15) is 0 Å². The number of hydrogen-bond acceptors (Lipinski definition) is 2. The summed E-state index contributed by atoms with van der Waals surface area (Å²) in [5.41, 5.74) is 0. The molecule has 0 spiro atoms. The maximum atomic E-state index is 11.8. The van der Waals surface area contributed by atoms with Crippen molar-refractivity contribution in [3.05, 3.63) is 19.2 Å². The van der Waals surface area contributed by atoms with E-state index >= 15 is 0 Å². The number of rotatable bonds is 2. The Bertz CT molecular complexity index is 329. The second kappa shape index (κ2) is 4.77. The van der Waals surface area contributed by atoms with Crippen LogP contribution in [0.2, 0.25) is 0 Å². The Labute approximate surface area is 105 Å². The number of thiophene rings is 1. The van der Waals surface area contributed by atoms with Crippen molar-refractivity contribution in [1.29, 1.82) is 0 Å². The SMILES string of the molecule is CC(C)N(C)C(=O)c1cc(Br)c(Br)s1. The zero-order valence-corrected chi connectivity index (χ0v) is 12.2. The molecule has 0 aromatic carbocycles. The molecule has 14 heavy (non-hydrogen) atoms. The van der Waals surface area contributed by atoms with Gasteiger partial charge in [0.2, 0.25) is 0 Å². The van der Waals surface area contributed by atoms with Crippen LogP contribution in [-0.4, -0.2) is 23.9 Å². The van der Waals surface area contributed by atoms with Gasteiger partial charge >= 0.3 is 0 Å². The Morgan fingerprint density at radius 2 is 2.07 bits per heavy atom. The van der Waals surface area contributed by atoms with Crippen molar-refractivity contribution in [3.63, 3.8) is 0 Å². The number of halogens is 2. The van der Waals surface area contributed by atoms with Gasteiger partial charge in [0.25, 0.3) is 5.91 Å². The van der Waals surface area contributed by atoms with E-state index in [1.807, 2.05) is 27.0 Å². The second-order valence-electron chi connectivity index (χ2n) is 3.24. The molecule has 0 aliphatic rings. The van der Waals surface area contributed by atoms with Crippen molar-refractivity contribution in [2.24, 2.45) is 0 Å². The Kier molecular flexibility index (Phi) is 4.15. The molecule has 0 unspecified atom stereocenters. The van der Waals surface area contributed by atoms with Crippen molar-refractivity contribution in [3.8, 4) is 0 Å². The zero-order valence-electron chi connectivity index (χ0n) is 8.17. The summed E-state index contributed by atoms with van der Waals surface area (Å²) in [4.78, 5) is 14.3. The first-order valence-corrected chi connectivity index (χ1v) is 6.55. The van der Waals surface area contributed by atoms with Crippen LogP contribution in [0.3, 0.4) is 0 Å². The van der Waals surface area contributed by atoms with Crippen LogP contribution in [0.25, 0.3) is 0 Å². The van der Waals surface area contributed by atoms with E-state index in [9.17, 15) is 4.79 Å². The molecule has 0 saturated heterocycles. The third-order valence-electron chi connectivity index (χ3n) is 1.95. The average Bonchev–Trinajstić information content (AvgIpc) is 2.44. The average molecular weight is 341 g/mol. The van der Waals surface area contributed by atoms with Crippen LogP contribution < -0.4 is 0 Å². The summed E-state index contributed by atoms with van der Waals surface area (Å²) in [6.07, 6.45) is 0. The second-order valence-corrected chi connectivity index (χ2v) is 6.47. The van der Waals surface area contributed by atoms with E-state index in [4.69, 9.17) is 0 Å². The van der Waals surface area contributed by atoms with Gasteiger partial charge in [-0.15, -0.1) is 11.3 Å². The molecule has 0 bridgehead atoms. The highest BCUT2D eigenvalue weighted by atomic mass is 79.9. The summed E-state index contributed by atoms with van der Waals surface area (Å²) >= 11 is 8.18. The lowest BCUT2D eigenvalue weighted by Gasteiger charge is -2.20. The quantitative estimate of drug-likeness (QED) is 0.802. The Morgan fingerprint density at radius 1 is 1.50 bits per heavy atom. The van der Waals surface area contributed by atoms with E-state index in [1.165, 1.54) is 11.3 Å². The molecule has 0 aliphatic heterocycles. The lowest BCUT2D eigenvalue weighted by molar-refractivity contribution is 0.0760. The highest BCUT2D eigenvalue weighted by Gasteiger charge is 2.17. The molecule has 0 atom stereocenters. The molecule has 1 rings (SSSR count). The van der Waals surface area contributed by atoms with Gasteiger partial charge in [0.15, 0.2) is 0 Å². The van der Waals surface area contributed by atoms with E-state index in [-0.39, 0.29) is 11.9 Å². The minimum Gasteiger partial charge on any atom is -0.339 e. The fourth-order valence-electron chi connectivity index (χ4n) is 0.860. The predicted molar refractivity (Wildman–Crippen MR) is 66.9 cm³/mol. The van der Waals surface area contributed by atoms with Crippen molar-refractivity contribution < 1.29 is 4.79 Å². The van der Waals surface area contributed by atoms with Gasteiger partial charge < -0.3 is 4.90 Å². The van der Waals surface area contributed by atoms with Gasteiger partial charge in [0.1, 0.15) is 0 Å². The minimum absolute atomic E-state index is 0.0661. The molecule has 0 N–H and O–H groups in total. The number of carbonyl (C=O) groups excluding carboxylic acids is 1. The molecule has 0 saturated carbocycles. The van der Waals surface area contributed by atoms with E-state index in [2.05, 4.69) is 31.9 Å². The van der Waals surface area contributed by atoms with E-state index in [0.29, 0.717) is 0 Å². The van der Waals surface area contributed by atoms with Crippen LogP contribution in [0.5, 0.6) is 0 Å². The van der Waals surface area contributed by atoms with Crippen LogP contribution in [0.4, 0.5) is 0 Å². The normalized spacial score (nSPS) is 10.7. The standard InChI is InChI=1S/C9H11Br2NOS/c1-5(2)12(3)9(13)7-4-6(10)8(11)14-7/h4-5H,1-3H3. The van der Waals surface area contributed by atoms with Crippen LogP contribution in [0, 0.1) is 0 Å². The first-order valence-electron chi connectivity index (χ1n) is 4.15. The molecular formula is C9H11Br2NOS. The van der Waals surface area contributed by atoms with Gasteiger partial charge in [-0.05, 0) is 51.8 Å². The van der Waals surface area contributed by atoms with Crippen LogP contribution in [0.15, 0.2) is 14.3 Å². The fraction of sp³-hybridized carbons (Fsp3) is 0.444. The third-order valence-corrected chi connectivity index (χ3v) is 5.20. The summed E-state index contributed by atoms with van der Waals surface area (Å²) in [6, 6.07) is 2.07.